The van der Waals surface area contributed by atoms with Crippen molar-refractivity contribution in [2.75, 3.05) is 19.8 Å². The van der Waals surface area contributed by atoms with Crippen LogP contribution >= 0.6 is 7.82 Å². The normalized spacial score (nSPS) is 14.1. The molecular weight excluding hydrogens is 757 g/mol. The van der Waals surface area contributed by atoms with Crippen molar-refractivity contribution in [1.82, 2.24) is 0 Å². The molecule has 0 radical (unpaired) electrons. The van der Waals surface area contributed by atoms with E-state index in [9.17, 15) is 23.8 Å². The van der Waals surface area contributed by atoms with Gasteiger partial charge >= 0.3 is 25.7 Å². The van der Waals surface area contributed by atoms with Gasteiger partial charge in [-0.15, -0.1) is 0 Å². The summed E-state index contributed by atoms with van der Waals surface area (Å²) in [5.74, 6) is -2.40. The van der Waals surface area contributed by atoms with Crippen LogP contribution < -0.4 is 5.73 Å². The fraction of sp³-hybridized carbons (Fsp3) is 0.761. The van der Waals surface area contributed by atoms with E-state index in [4.69, 9.17) is 24.8 Å². The van der Waals surface area contributed by atoms with Crippen LogP contribution in [0.15, 0.2) is 48.6 Å². The van der Waals surface area contributed by atoms with E-state index < -0.39 is 51.1 Å². The number of phosphoric ester groups is 1. The minimum Gasteiger partial charge on any atom is -0.480 e. The highest BCUT2D eigenvalue weighted by Gasteiger charge is 2.28. The van der Waals surface area contributed by atoms with Gasteiger partial charge in [0.2, 0.25) is 0 Å². The number of carbonyl (C=O) groups is 3. The smallest absolute Gasteiger partial charge is 0.472 e. The Hall–Kier alpha value is -2.56. The summed E-state index contributed by atoms with van der Waals surface area (Å²) in [5, 5.41) is 8.89. The molecule has 0 aromatic heterocycles. The first kappa shape index (κ1) is 55.4. The maximum atomic E-state index is 12.6. The van der Waals surface area contributed by atoms with Crippen LogP contribution in [0.5, 0.6) is 0 Å². The lowest BCUT2D eigenvalue weighted by Gasteiger charge is -2.20. The Morgan fingerprint density at radius 1 is 0.552 bits per heavy atom. The number of phosphoric acid groups is 1. The van der Waals surface area contributed by atoms with Crippen molar-refractivity contribution in [3.8, 4) is 0 Å². The molecule has 0 aliphatic carbocycles. The van der Waals surface area contributed by atoms with Gasteiger partial charge in [-0.05, 0) is 70.6 Å². The molecule has 3 atom stereocenters. The summed E-state index contributed by atoms with van der Waals surface area (Å²) < 4.78 is 32.7. The van der Waals surface area contributed by atoms with E-state index in [0.717, 1.165) is 70.6 Å². The van der Waals surface area contributed by atoms with Crippen molar-refractivity contribution in [2.45, 2.75) is 206 Å². The van der Waals surface area contributed by atoms with E-state index in [1.165, 1.54) is 83.5 Å². The molecule has 0 aliphatic rings. The van der Waals surface area contributed by atoms with Gasteiger partial charge in [0.25, 0.3) is 0 Å². The summed E-state index contributed by atoms with van der Waals surface area (Å²) in [4.78, 5) is 46.0. The molecule has 336 valence electrons. The number of unbranched alkanes of at least 4 members (excludes halogenated alkanes) is 21. The predicted molar refractivity (Wildman–Crippen MR) is 235 cm³/mol. The van der Waals surface area contributed by atoms with Gasteiger partial charge in [-0.2, -0.15) is 0 Å². The van der Waals surface area contributed by atoms with E-state index >= 15 is 0 Å². The van der Waals surface area contributed by atoms with Crippen molar-refractivity contribution in [3.05, 3.63) is 48.6 Å². The fourth-order valence-electron chi connectivity index (χ4n) is 5.97. The lowest BCUT2D eigenvalue weighted by molar-refractivity contribution is -0.161. The molecule has 0 bridgehead atoms. The number of rotatable bonds is 42. The number of ether oxygens (including phenoxy) is 2. The minimum absolute atomic E-state index is 0.142. The Balaban J connectivity index is 4.35. The summed E-state index contributed by atoms with van der Waals surface area (Å²) in [5.41, 5.74) is 5.33. The number of nitrogens with two attached hydrogens (primary N) is 1. The number of carboxylic acid groups (broad SMARTS) is 1. The van der Waals surface area contributed by atoms with Gasteiger partial charge in [0.1, 0.15) is 12.6 Å². The molecule has 0 saturated carbocycles. The van der Waals surface area contributed by atoms with Crippen LogP contribution in [0.25, 0.3) is 0 Å². The van der Waals surface area contributed by atoms with E-state index in [1.807, 2.05) is 0 Å². The van der Waals surface area contributed by atoms with E-state index in [2.05, 4.69) is 67.0 Å². The molecule has 0 heterocycles. The average molecular weight is 840 g/mol. The summed E-state index contributed by atoms with van der Waals surface area (Å²) in [7, 11) is -4.72. The van der Waals surface area contributed by atoms with Gasteiger partial charge < -0.3 is 25.2 Å². The molecule has 0 aromatic carbocycles. The van der Waals surface area contributed by atoms with Crippen LogP contribution in [-0.4, -0.2) is 59.9 Å². The SMILES string of the molecule is CCCCC/C=C/C/C=C/CCCCCCCCCCCC(=O)OC[C@H](COP(=O)(O)OC[C@H](N)C(=O)O)OC(=O)CCCCCCC/C=C/C=C/CCCCCC. The van der Waals surface area contributed by atoms with Crippen molar-refractivity contribution < 1.29 is 47.5 Å². The van der Waals surface area contributed by atoms with Crippen LogP contribution in [0.3, 0.4) is 0 Å². The Kier molecular flexibility index (Phi) is 39.4. The van der Waals surface area contributed by atoms with Gasteiger partial charge in [-0.3, -0.25) is 23.4 Å². The zero-order chi connectivity index (χ0) is 42.8. The standard InChI is InChI=1S/C46H82NO10P/c1-3-5-7-9-11-13-15-17-19-20-21-22-24-25-27-29-31-33-35-37-44(48)54-39-42(40-55-58(52,53)56-41-43(47)46(50)51)57-45(49)38-36-34-32-30-28-26-23-18-16-14-12-10-8-6-4-2/h11,13-14,16-19,23,42-43H,3-10,12,15,20-22,24-41,47H2,1-2H3,(H,50,51)(H,52,53)/b13-11+,16-14+,19-17+,23-18+/t42-,43+/m1/s1. The third-order valence-corrected chi connectivity index (χ3v) is 10.5. The van der Waals surface area contributed by atoms with Crippen LogP contribution in [-0.2, 0) is 37.5 Å². The first-order valence-electron chi connectivity index (χ1n) is 22.7. The number of aliphatic carboxylic acids is 1. The summed E-state index contributed by atoms with van der Waals surface area (Å²) in [6.07, 6.45) is 45.9. The molecule has 58 heavy (non-hydrogen) atoms. The first-order valence-corrected chi connectivity index (χ1v) is 24.2. The number of hydrogen-bond acceptors (Lipinski definition) is 9. The molecule has 12 heteroatoms. The lowest BCUT2D eigenvalue weighted by atomic mass is 10.1. The highest BCUT2D eigenvalue weighted by molar-refractivity contribution is 7.47. The van der Waals surface area contributed by atoms with Crippen LogP contribution in [0.4, 0.5) is 0 Å². The highest BCUT2D eigenvalue weighted by atomic mass is 31.2. The van der Waals surface area contributed by atoms with Crippen LogP contribution in [0, 0.1) is 0 Å². The number of carboxylic acids is 1. The fourth-order valence-corrected chi connectivity index (χ4v) is 6.75. The van der Waals surface area contributed by atoms with Gasteiger partial charge in [-0.1, -0.05) is 159 Å². The van der Waals surface area contributed by atoms with E-state index in [0.29, 0.717) is 12.8 Å². The third kappa shape index (κ3) is 40.2. The van der Waals surface area contributed by atoms with Crippen molar-refractivity contribution >= 4 is 25.7 Å². The second-order valence-electron chi connectivity index (χ2n) is 15.2. The number of esters is 2. The van der Waals surface area contributed by atoms with Crippen LogP contribution in [0.2, 0.25) is 0 Å². The van der Waals surface area contributed by atoms with Gasteiger partial charge in [0.15, 0.2) is 6.10 Å². The Labute approximate surface area is 352 Å². The largest absolute Gasteiger partial charge is 0.480 e. The minimum atomic E-state index is -4.72. The molecule has 0 aliphatic heterocycles. The molecule has 11 nitrogen and oxygen atoms in total. The highest BCUT2D eigenvalue weighted by Crippen LogP contribution is 2.43. The zero-order valence-corrected chi connectivity index (χ0v) is 37.3. The molecule has 1 unspecified atom stereocenters. The predicted octanol–water partition coefficient (Wildman–Crippen LogP) is 12.2. The summed E-state index contributed by atoms with van der Waals surface area (Å²) in [6, 6.07) is -1.53. The van der Waals surface area contributed by atoms with Gasteiger partial charge in [0, 0.05) is 12.8 Å². The van der Waals surface area contributed by atoms with Crippen molar-refractivity contribution in [2.24, 2.45) is 5.73 Å². The molecule has 0 saturated heterocycles. The molecule has 0 aromatic rings. The van der Waals surface area contributed by atoms with Gasteiger partial charge in [-0.25, -0.2) is 4.57 Å². The number of carbonyl (C=O) groups excluding carboxylic acids is 2. The molecule has 4 N–H and O–H groups in total. The molecule has 0 rings (SSSR count). The lowest BCUT2D eigenvalue weighted by Crippen LogP contribution is -2.34. The van der Waals surface area contributed by atoms with Crippen molar-refractivity contribution in [3.63, 3.8) is 0 Å². The Morgan fingerprint density at radius 3 is 1.48 bits per heavy atom. The van der Waals surface area contributed by atoms with Crippen molar-refractivity contribution in [1.29, 1.82) is 0 Å². The molecule has 0 spiro atoms. The van der Waals surface area contributed by atoms with E-state index in [-0.39, 0.29) is 19.4 Å². The zero-order valence-electron chi connectivity index (χ0n) is 36.4. The summed E-state index contributed by atoms with van der Waals surface area (Å²) >= 11 is 0. The maximum Gasteiger partial charge on any atom is 0.472 e. The van der Waals surface area contributed by atoms with Gasteiger partial charge in [0.05, 0.1) is 13.2 Å². The molecular formula is C46H82NO10P. The Bertz CT molecular complexity index is 1170. The quantitative estimate of drug-likeness (QED) is 0.0176. The number of hydrogen-bond donors (Lipinski definition) is 3. The maximum absolute atomic E-state index is 12.6. The topological polar surface area (TPSA) is 172 Å². The van der Waals surface area contributed by atoms with Crippen LogP contribution in [0.1, 0.15) is 194 Å². The first-order chi connectivity index (χ1) is 28.1. The second-order valence-corrected chi connectivity index (χ2v) is 16.7. The second kappa shape index (κ2) is 41.2. The van der Waals surface area contributed by atoms with E-state index in [1.54, 1.807) is 0 Å². The summed E-state index contributed by atoms with van der Waals surface area (Å²) in [6.45, 7) is 2.74. The molecule has 0 fully saturated rings. The Morgan fingerprint density at radius 2 is 0.966 bits per heavy atom. The number of allylic oxidation sites excluding steroid dienone is 8. The third-order valence-electron chi connectivity index (χ3n) is 9.58. The monoisotopic (exact) mass is 840 g/mol. The molecule has 0 amide bonds. The average Bonchev–Trinajstić information content (AvgIpc) is 3.20.